The smallest absolute Gasteiger partial charge is 0.173 e. The first-order valence-electron chi connectivity index (χ1n) is 5.43. The number of carbonyl (C=O) groups is 1. The molecular formula is C13H14FNO2. The Bertz CT molecular complexity index is 470. The lowest BCUT2D eigenvalue weighted by Gasteiger charge is -2.11. The quantitative estimate of drug-likeness (QED) is 0.643. The summed E-state index contributed by atoms with van der Waals surface area (Å²) in [4.78, 5) is 12.2. The lowest BCUT2D eigenvalue weighted by Crippen LogP contribution is -2.19. The number of nitrogens with two attached hydrogens (primary N) is 1. The van der Waals surface area contributed by atoms with E-state index in [0.29, 0.717) is 12.2 Å². The summed E-state index contributed by atoms with van der Waals surface area (Å²) in [6.45, 7) is 0. The Morgan fingerprint density at radius 3 is 2.82 bits per heavy atom. The van der Waals surface area contributed by atoms with E-state index in [4.69, 9.17) is 10.5 Å². The lowest BCUT2D eigenvalue weighted by atomic mass is 9.96. The maximum absolute atomic E-state index is 13.2. The van der Waals surface area contributed by atoms with Crippen molar-refractivity contribution in [2.45, 2.75) is 12.5 Å². The van der Waals surface area contributed by atoms with Crippen LogP contribution in [0.2, 0.25) is 0 Å². The van der Waals surface area contributed by atoms with Crippen LogP contribution >= 0.6 is 0 Å². The number of ketones is 1. The molecule has 0 spiro atoms. The molecular weight excluding hydrogens is 221 g/mol. The molecule has 1 aromatic rings. The summed E-state index contributed by atoms with van der Waals surface area (Å²) < 4.78 is 18.2. The van der Waals surface area contributed by atoms with Gasteiger partial charge in [0.15, 0.2) is 5.78 Å². The van der Waals surface area contributed by atoms with Crippen LogP contribution in [-0.2, 0) is 0 Å². The lowest BCUT2D eigenvalue weighted by molar-refractivity contribution is 0.0939. The molecule has 0 aromatic heterocycles. The van der Waals surface area contributed by atoms with Crippen LogP contribution in [0.15, 0.2) is 30.4 Å². The minimum Gasteiger partial charge on any atom is -0.496 e. The van der Waals surface area contributed by atoms with E-state index in [2.05, 4.69) is 0 Å². The SMILES string of the molecule is COc1ccc(F)cc1C(=O)C1C=CC(N)C1. The maximum Gasteiger partial charge on any atom is 0.173 e. The number of Topliss-reactive ketones (excluding diaryl/α,β-unsaturated/α-hetero) is 1. The molecule has 0 bridgehead atoms. The molecule has 0 saturated carbocycles. The third kappa shape index (κ3) is 2.36. The summed E-state index contributed by atoms with van der Waals surface area (Å²) in [5, 5.41) is 0. The zero-order valence-electron chi connectivity index (χ0n) is 9.52. The second kappa shape index (κ2) is 4.67. The van der Waals surface area contributed by atoms with Crippen molar-refractivity contribution < 1.29 is 13.9 Å². The highest BCUT2D eigenvalue weighted by Crippen LogP contribution is 2.27. The molecule has 0 saturated heterocycles. The highest BCUT2D eigenvalue weighted by atomic mass is 19.1. The van der Waals surface area contributed by atoms with Gasteiger partial charge in [-0.05, 0) is 24.6 Å². The topological polar surface area (TPSA) is 52.3 Å². The van der Waals surface area contributed by atoms with Crippen LogP contribution in [0.1, 0.15) is 16.8 Å². The second-order valence-electron chi connectivity index (χ2n) is 4.10. The molecule has 2 unspecified atom stereocenters. The number of methoxy groups -OCH3 is 1. The van der Waals surface area contributed by atoms with Gasteiger partial charge in [-0.15, -0.1) is 0 Å². The fourth-order valence-electron chi connectivity index (χ4n) is 1.99. The predicted molar refractivity (Wildman–Crippen MR) is 62.5 cm³/mol. The van der Waals surface area contributed by atoms with Crippen molar-refractivity contribution in [3.63, 3.8) is 0 Å². The van der Waals surface area contributed by atoms with E-state index in [1.807, 2.05) is 0 Å². The summed E-state index contributed by atoms with van der Waals surface area (Å²) in [6.07, 6.45) is 4.14. The monoisotopic (exact) mass is 235 g/mol. The number of halogens is 1. The Labute approximate surface area is 99.1 Å². The number of rotatable bonds is 3. The molecule has 0 amide bonds. The van der Waals surface area contributed by atoms with E-state index in [9.17, 15) is 9.18 Å². The van der Waals surface area contributed by atoms with Crippen molar-refractivity contribution in [1.29, 1.82) is 0 Å². The number of benzene rings is 1. The van der Waals surface area contributed by atoms with Crippen LogP contribution in [0.5, 0.6) is 5.75 Å². The Balaban J connectivity index is 2.30. The first-order valence-corrected chi connectivity index (χ1v) is 5.43. The first kappa shape index (κ1) is 11.8. The summed E-state index contributed by atoms with van der Waals surface area (Å²) in [6, 6.07) is 3.84. The van der Waals surface area contributed by atoms with Crippen molar-refractivity contribution in [1.82, 2.24) is 0 Å². The third-order valence-electron chi connectivity index (χ3n) is 2.88. The highest BCUT2D eigenvalue weighted by Gasteiger charge is 2.26. The van der Waals surface area contributed by atoms with Crippen LogP contribution in [0, 0.1) is 11.7 Å². The fourth-order valence-corrected chi connectivity index (χ4v) is 1.99. The van der Waals surface area contributed by atoms with Gasteiger partial charge in [0.05, 0.1) is 12.7 Å². The first-order chi connectivity index (χ1) is 8.11. The molecule has 1 aliphatic rings. The molecule has 0 heterocycles. The van der Waals surface area contributed by atoms with E-state index in [1.165, 1.54) is 25.3 Å². The van der Waals surface area contributed by atoms with E-state index >= 15 is 0 Å². The van der Waals surface area contributed by atoms with Gasteiger partial charge in [-0.25, -0.2) is 4.39 Å². The van der Waals surface area contributed by atoms with Crippen molar-refractivity contribution in [2.75, 3.05) is 7.11 Å². The summed E-state index contributed by atoms with van der Waals surface area (Å²) >= 11 is 0. The summed E-state index contributed by atoms with van der Waals surface area (Å²) in [5.41, 5.74) is 5.97. The molecule has 4 heteroatoms. The maximum atomic E-state index is 13.2. The van der Waals surface area contributed by atoms with Gasteiger partial charge in [0.2, 0.25) is 0 Å². The predicted octanol–water partition coefficient (Wildman–Crippen LogP) is 1.92. The number of carbonyl (C=O) groups excluding carboxylic acids is 1. The summed E-state index contributed by atoms with van der Waals surface area (Å²) in [7, 11) is 1.46. The van der Waals surface area contributed by atoms with E-state index < -0.39 is 5.82 Å². The molecule has 0 radical (unpaired) electrons. The van der Waals surface area contributed by atoms with E-state index in [0.717, 1.165) is 0 Å². The number of ether oxygens (including phenoxy) is 1. The van der Waals surface area contributed by atoms with Gasteiger partial charge in [-0.1, -0.05) is 12.2 Å². The number of hydrogen-bond acceptors (Lipinski definition) is 3. The highest BCUT2D eigenvalue weighted by molar-refractivity contribution is 6.01. The van der Waals surface area contributed by atoms with Gasteiger partial charge in [-0.2, -0.15) is 0 Å². The Kier molecular flexibility index (Phi) is 3.24. The minimum atomic E-state index is -0.444. The molecule has 0 fully saturated rings. The average Bonchev–Trinajstić information content (AvgIpc) is 2.75. The second-order valence-corrected chi connectivity index (χ2v) is 4.10. The van der Waals surface area contributed by atoms with Gasteiger partial charge in [-0.3, -0.25) is 4.79 Å². The normalized spacial score (nSPS) is 22.8. The molecule has 3 nitrogen and oxygen atoms in total. The third-order valence-corrected chi connectivity index (χ3v) is 2.88. The van der Waals surface area contributed by atoms with Gasteiger partial charge >= 0.3 is 0 Å². The van der Waals surface area contributed by atoms with Gasteiger partial charge < -0.3 is 10.5 Å². The number of hydrogen-bond donors (Lipinski definition) is 1. The molecule has 2 N–H and O–H groups in total. The van der Waals surface area contributed by atoms with Gasteiger partial charge in [0.1, 0.15) is 11.6 Å². The van der Waals surface area contributed by atoms with Crippen molar-refractivity contribution in [3.05, 3.63) is 41.7 Å². The van der Waals surface area contributed by atoms with Gasteiger partial charge in [0.25, 0.3) is 0 Å². The molecule has 2 atom stereocenters. The van der Waals surface area contributed by atoms with Crippen LogP contribution < -0.4 is 10.5 Å². The van der Waals surface area contributed by atoms with Gasteiger partial charge in [0, 0.05) is 12.0 Å². The molecule has 0 aliphatic heterocycles. The molecule has 90 valence electrons. The molecule has 1 aromatic carbocycles. The van der Waals surface area contributed by atoms with Crippen molar-refractivity contribution in [3.8, 4) is 5.75 Å². The zero-order valence-corrected chi connectivity index (χ0v) is 9.52. The average molecular weight is 235 g/mol. The van der Waals surface area contributed by atoms with Crippen LogP contribution in [0.3, 0.4) is 0 Å². The Morgan fingerprint density at radius 1 is 1.47 bits per heavy atom. The molecule has 1 aliphatic carbocycles. The molecule has 17 heavy (non-hydrogen) atoms. The molecule has 2 rings (SSSR count). The fraction of sp³-hybridized carbons (Fsp3) is 0.308. The minimum absolute atomic E-state index is 0.0940. The number of allylic oxidation sites excluding steroid dienone is 1. The standard InChI is InChI=1S/C13H14FNO2/c1-17-12-5-3-9(14)7-11(12)13(16)8-2-4-10(15)6-8/h2-5,7-8,10H,6,15H2,1H3. The zero-order chi connectivity index (χ0) is 12.4. The van der Waals surface area contributed by atoms with Crippen molar-refractivity contribution >= 4 is 5.78 Å². The largest absolute Gasteiger partial charge is 0.496 e. The Hall–Kier alpha value is -1.68. The summed E-state index contributed by atoms with van der Waals surface area (Å²) in [5.74, 6) is -0.475. The van der Waals surface area contributed by atoms with Crippen LogP contribution in [0.25, 0.3) is 0 Å². The van der Waals surface area contributed by atoms with Crippen LogP contribution in [0.4, 0.5) is 4.39 Å². The van der Waals surface area contributed by atoms with Crippen LogP contribution in [-0.4, -0.2) is 18.9 Å². The van der Waals surface area contributed by atoms with E-state index in [1.54, 1.807) is 12.2 Å². The van der Waals surface area contributed by atoms with E-state index in [-0.39, 0.29) is 23.3 Å². The Morgan fingerprint density at radius 2 is 2.24 bits per heavy atom. The van der Waals surface area contributed by atoms with Crippen molar-refractivity contribution in [2.24, 2.45) is 11.7 Å².